The molecule has 35 heavy (non-hydrogen) atoms. The number of rotatable bonds is 6. The molecule has 2 N–H and O–H groups in total. The fraction of sp³-hybridized carbons (Fsp3) is 0.409. The zero-order valence-electron chi connectivity index (χ0n) is 19.9. The van der Waals surface area contributed by atoms with E-state index in [1.54, 1.807) is 35.7 Å². The van der Waals surface area contributed by atoms with E-state index in [2.05, 4.69) is 25.7 Å². The van der Waals surface area contributed by atoms with Crippen molar-refractivity contribution in [3.63, 3.8) is 0 Å². The van der Waals surface area contributed by atoms with Gasteiger partial charge < -0.3 is 15.5 Å². The molecule has 0 aromatic carbocycles. The lowest BCUT2D eigenvalue weighted by molar-refractivity contribution is 0.522. The minimum absolute atomic E-state index is 0.329. The molecule has 6 heterocycles. The molecule has 0 radical (unpaired) electrons. The summed E-state index contributed by atoms with van der Waals surface area (Å²) in [4.78, 5) is 7.39. The molecule has 2 aliphatic heterocycles. The lowest BCUT2D eigenvalue weighted by atomic mass is 10.2. The quantitative estimate of drug-likeness (QED) is 0.403. The monoisotopic (exact) mass is 513 g/mol. The van der Waals surface area contributed by atoms with Gasteiger partial charge in [-0.25, -0.2) is 17.7 Å². The van der Waals surface area contributed by atoms with E-state index in [1.165, 1.54) is 15.6 Å². The first-order chi connectivity index (χ1) is 16.7. The van der Waals surface area contributed by atoms with Crippen LogP contribution >= 0.6 is 11.3 Å². The summed E-state index contributed by atoms with van der Waals surface area (Å²) in [5.74, 6) is 1.61. The number of thiophene rings is 1. The van der Waals surface area contributed by atoms with Gasteiger partial charge in [-0.2, -0.15) is 14.7 Å². The highest BCUT2D eigenvalue weighted by atomic mass is 32.2. The summed E-state index contributed by atoms with van der Waals surface area (Å²) in [5, 5.41) is 16.6. The molecule has 6 rings (SSSR count). The largest absolute Gasteiger partial charge is 0.351 e. The third-order valence-electron chi connectivity index (χ3n) is 6.66. The molecule has 4 aromatic heterocycles. The molecule has 2 fully saturated rings. The van der Waals surface area contributed by atoms with Crippen molar-refractivity contribution in [1.82, 2.24) is 34.0 Å². The Morgan fingerprint density at radius 1 is 1.23 bits per heavy atom. The maximum Gasteiger partial charge on any atom is 0.252 e. The van der Waals surface area contributed by atoms with Crippen LogP contribution in [0.2, 0.25) is 0 Å². The number of nitrogens with one attached hydrogen (secondary N) is 2. The van der Waals surface area contributed by atoms with E-state index in [4.69, 9.17) is 4.98 Å². The molecule has 11 nitrogen and oxygen atoms in total. The Hall–Kier alpha value is -3.00. The summed E-state index contributed by atoms with van der Waals surface area (Å²) in [7, 11) is 1.45. The van der Waals surface area contributed by atoms with Crippen LogP contribution in [0.1, 0.15) is 12.0 Å². The Morgan fingerprint density at radius 2 is 2.06 bits per heavy atom. The second-order valence-electron chi connectivity index (χ2n) is 9.34. The van der Waals surface area contributed by atoms with Crippen molar-refractivity contribution in [3.05, 3.63) is 36.3 Å². The highest BCUT2D eigenvalue weighted by molar-refractivity contribution is 7.91. The summed E-state index contributed by atoms with van der Waals surface area (Å²) in [5.41, 5.74) is 3.26. The number of nitrogens with zero attached hydrogens (tertiary/aromatic N) is 7. The summed E-state index contributed by atoms with van der Waals surface area (Å²) in [6.07, 6.45) is 6.66. The Bertz CT molecular complexity index is 1540. The van der Waals surface area contributed by atoms with Gasteiger partial charge in [0.1, 0.15) is 15.8 Å². The SMILES string of the molecule is Cc1cc(Nc2cc(N3C[C@@H]4C[C@H]3CN4)nc3c(-c4cnn(C)c4)cnn23)sc1S(=O)(=O)N(C)C. The molecule has 0 aliphatic carbocycles. The summed E-state index contributed by atoms with van der Waals surface area (Å²) < 4.78 is 30.6. The van der Waals surface area contributed by atoms with Crippen molar-refractivity contribution in [3.8, 4) is 11.1 Å². The molecule has 184 valence electrons. The minimum Gasteiger partial charge on any atom is -0.351 e. The number of aromatic nitrogens is 5. The number of hydrogen-bond donors (Lipinski definition) is 2. The van der Waals surface area contributed by atoms with Gasteiger partial charge in [-0.15, -0.1) is 11.3 Å². The molecule has 0 spiro atoms. The van der Waals surface area contributed by atoms with Crippen LogP contribution in [0.3, 0.4) is 0 Å². The van der Waals surface area contributed by atoms with Crippen molar-refractivity contribution in [1.29, 1.82) is 0 Å². The third-order valence-corrected chi connectivity index (χ3v) is 10.2. The molecule has 0 saturated carbocycles. The molecular weight excluding hydrogens is 486 g/mol. The normalized spacial score (nSPS) is 20.0. The first-order valence-electron chi connectivity index (χ1n) is 11.4. The molecule has 2 bridgehead atoms. The predicted molar refractivity (Wildman–Crippen MR) is 136 cm³/mol. The minimum atomic E-state index is -3.53. The first kappa shape index (κ1) is 22.5. The molecular formula is C22H27N9O2S2. The Morgan fingerprint density at radius 3 is 2.71 bits per heavy atom. The van der Waals surface area contributed by atoms with Crippen LogP contribution in [-0.2, 0) is 17.1 Å². The van der Waals surface area contributed by atoms with Crippen LogP contribution in [0.15, 0.2) is 34.9 Å². The van der Waals surface area contributed by atoms with E-state index < -0.39 is 10.0 Å². The Balaban J connectivity index is 1.46. The number of aryl methyl sites for hydroxylation is 2. The highest BCUT2D eigenvalue weighted by Crippen LogP contribution is 2.37. The van der Waals surface area contributed by atoms with Crippen LogP contribution < -0.4 is 15.5 Å². The van der Waals surface area contributed by atoms with Gasteiger partial charge in [-0.3, -0.25) is 4.68 Å². The van der Waals surface area contributed by atoms with Gasteiger partial charge in [0.2, 0.25) is 0 Å². The van der Waals surface area contributed by atoms with E-state index >= 15 is 0 Å². The van der Waals surface area contributed by atoms with Crippen molar-refractivity contribution in [2.75, 3.05) is 37.4 Å². The van der Waals surface area contributed by atoms with Gasteiger partial charge in [0.15, 0.2) is 5.65 Å². The Kier molecular flexibility index (Phi) is 5.14. The van der Waals surface area contributed by atoms with Gasteiger partial charge in [-0.05, 0) is 25.0 Å². The van der Waals surface area contributed by atoms with Crippen molar-refractivity contribution < 1.29 is 8.42 Å². The summed E-state index contributed by atoms with van der Waals surface area (Å²) in [6.45, 7) is 3.67. The molecule has 2 saturated heterocycles. The fourth-order valence-corrected chi connectivity index (χ4v) is 7.61. The lowest BCUT2D eigenvalue weighted by Gasteiger charge is -2.29. The topological polar surface area (TPSA) is 113 Å². The van der Waals surface area contributed by atoms with Crippen LogP contribution in [-0.4, -0.2) is 76.4 Å². The first-order valence-corrected chi connectivity index (χ1v) is 13.6. The van der Waals surface area contributed by atoms with Gasteiger partial charge in [0.05, 0.1) is 17.4 Å². The van der Waals surface area contributed by atoms with Crippen molar-refractivity contribution in [2.24, 2.45) is 7.05 Å². The number of anilines is 3. The Labute approximate surface area is 207 Å². The molecule has 13 heteroatoms. The number of sulfonamides is 1. The molecule has 4 aromatic rings. The average molecular weight is 514 g/mol. The summed E-state index contributed by atoms with van der Waals surface area (Å²) >= 11 is 1.22. The van der Waals surface area contributed by atoms with Crippen molar-refractivity contribution >= 4 is 43.6 Å². The lowest BCUT2D eigenvalue weighted by Crippen LogP contribution is -2.44. The second-order valence-corrected chi connectivity index (χ2v) is 12.7. The van der Waals surface area contributed by atoms with Crippen LogP contribution in [0.4, 0.5) is 16.6 Å². The molecule has 2 atom stereocenters. The average Bonchev–Trinajstić information content (AvgIpc) is 3.62. The van der Waals surface area contributed by atoms with E-state index in [9.17, 15) is 8.42 Å². The van der Waals surface area contributed by atoms with E-state index in [-0.39, 0.29) is 0 Å². The van der Waals surface area contributed by atoms with Crippen LogP contribution in [0.5, 0.6) is 0 Å². The predicted octanol–water partition coefficient (Wildman–Crippen LogP) is 2.04. The number of piperazine rings is 1. The highest BCUT2D eigenvalue weighted by Gasteiger charge is 2.38. The van der Waals surface area contributed by atoms with E-state index in [0.29, 0.717) is 21.9 Å². The zero-order valence-corrected chi connectivity index (χ0v) is 21.6. The van der Waals surface area contributed by atoms with E-state index in [0.717, 1.165) is 52.9 Å². The second kappa shape index (κ2) is 8.01. The van der Waals surface area contributed by atoms with Crippen molar-refractivity contribution in [2.45, 2.75) is 29.6 Å². The van der Waals surface area contributed by atoms with E-state index in [1.807, 2.05) is 32.3 Å². The van der Waals surface area contributed by atoms with Gasteiger partial charge in [0, 0.05) is 69.7 Å². The third kappa shape index (κ3) is 3.69. The summed E-state index contributed by atoms with van der Waals surface area (Å²) in [6, 6.07) is 4.76. The van der Waals surface area contributed by atoms with Crippen LogP contribution in [0.25, 0.3) is 16.8 Å². The maximum absolute atomic E-state index is 12.8. The van der Waals surface area contributed by atoms with Gasteiger partial charge in [0.25, 0.3) is 10.0 Å². The maximum atomic E-state index is 12.8. The molecule has 2 aliphatic rings. The smallest absolute Gasteiger partial charge is 0.252 e. The number of hydrogen-bond acceptors (Lipinski definition) is 9. The molecule has 0 unspecified atom stereocenters. The van der Waals surface area contributed by atoms with Gasteiger partial charge >= 0.3 is 0 Å². The zero-order chi connectivity index (χ0) is 24.5. The molecule has 0 amide bonds. The van der Waals surface area contributed by atoms with Crippen LogP contribution in [0, 0.1) is 6.92 Å². The standard InChI is InChI=1S/C22H27N9O2S2/c1-13-5-20(34-22(13)35(32,33)28(2)3)26-19-7-18(30-12-15-6-16(30)9-23-15)27-21-17(10-25-31(19)21)14-8-24-29(4)11-14/h5,7-8,10-11,15-16,23,26H,6,9,12H2,1-4H3/t15-,16-/m0/s1. The van der Waals surface area contributed by atoms with Gasteiger partial charge in [-0.1, -0.05) is 0 Å². The number of fused-ring (bicyclic) bond motifs is 3. The fourth-order valence-electron chi connectivity index (χ4n) is 4.87.